The van der Waals surface area contributed by atoms with E-state index in [9.17, 15) is 4.79 Å². The minimum Gasteiger partial charge on any atom is -0.294 e. The Hall–Kier alpha value is -0.570. The molecule has 1 aliphatic carbocycles. The highest BCUT2D eigenvalue weighted by atomic mass is 16.2. The van der Waals surface area contributed by atoms with E-state index in [0.717, 1.165) is 5.92 Å². The lowest BCUT2D eigenvalue weighted by molar-refractivity contribution is -0.121. The fraction of sp³-hybridized carbons (Fsp3) is 0.833. The van der Waals surface area contributed by atoms with Crippen LogP contribution in [0.1, 0.15) is 19.8 Å². The van der Waals surface area contributed by atoms with Crippen LogP contribution in [0.25, 0.3) is 0 Å². The van der Waals surface area contributed by atoms with Crippen molar-refractivity contribution in [1.82, 2.24) is 5.43 Å². The fourth-order valence-electron chi connectivity index (χ4n) is 0.981. The Labute approximate surface area is 54.6 Å². The maximum Gasteiger partial charge on any atom is 0.234 e. The molecule has 0 radical (unpaired) electrons. The van der Waals surface area contributed by atoms with Crippen molar-refractivity contribution < 1.29 is 4.79 Å². The Morgan fingerprint density at radius 3 is 2.78 bits per heavy atom. The first-order chi connectivity index (χ1) is 4.24. The first-order valence-corrected chi connectivity index (χ1v) is 3.23. The van der Waals surface area contributed by atoms with Crippen molar-refractivity contribution in [3.8, 4) is 0 Å². The average molecular weight is 128 g/mol. The molecule has 52 valence electrons. The van der Waals surface area contributed by atoms with Crippen LogP contribution in [-0.2, 0) is 4.79 Å². The van der Waals surface area contributed by atoms with Crippen LogP contribution in [0.4, 0.5) is 0 Å². The molecule has 2 atom stereocenters. The van der Waals surface area contributed by atoms with Gasteiger partial charge in [0.05, 0.1) is 0 Å². The molecule has 1 amide bonds. The average Bonchev–Trinajstić information content (AvgIpc) is 2.47. The van der Waals surface area contributed by atoms with Crippen molar-refractivity contribution in [1.29, 1.82) is 0 Å². The number of nitrogens with two attached hydrogens (primary N) is 1. The van der Waals surface area contributed by atoms with Crippen LogP contribution in [0.2, 0.25) is 0 Å². The molecular formula is C6H12N2O. The van der Waals surface area contributed by atoms with Gasteiger partial charge in [-0.2, -0.15) is 0 Å². The molecule has 0 aromatic carbocycles. The topological polar surface area (TPSA) is 55.1 Å². The largest absolute Gasteiger partial charge is 0.294 e. The zero-order valence-corrected chi connectivity index (χ0v) is 5.55. The van der Waals surface area contributed by atoms with E-state index in [1.54, 1.807) is 0 Å². The van der Waals surface area contributed by atoms with E-state index in [0.29, 0.717) is 12.3 Å². The molecule has 3 nitrogen and oxygen atoms in total. The number of hydrogen-bond acceptors (Lipinski definition) is 2. The minimum absolute atomic E-state index is 0.0376. The highest BCUT2D eigenvalue weighted by molar-refractivity contribution is 5.75. The second-order valence-electron chi connectivity index (χ2n) is 2.74. The van der Waals surface area contributed by atoms with E-state index in [1.807, 2.05) is 0 Å². The lowest BCUT2D eigenvalue weighted by Crippen LogP contribution is -2.30. The third-order valence-electron chi connectivity index (χ3n) is 1.88. The van der Waals surface area contributed by atoms with Crippen LogP contribution in [0.3, 0.4) is 0 Å². The molecular weight excluding hydrogens is 116 g/mol. The van der Waals surface area contributed by atoms with Gasteiger partial charge in [-0.1, -0.05) is 6.92 Å². The van der Waals surface area contributed by atoms with Gasteiger partial charge < -0.3 is 0 Å². The molecule has 0 saturated heterocycles. The van der Waals surface area contributed by atoms with Gasteiger partial charge in [-0.3, -0.25) is 10.2 Å². The summed E-state index contributed by atoms with van der Waals surface area (Å²) in [4.78, 5) is 10.6. The summed E-state index contributed by atoms with van der Waals surface area (Å²) in [5.74, 6) is 6.20. The van der Waals surface area contributed by atoms with E-state index in [2.05, 4.69) is 12.3 Å². The van der Waals surface area contributed by atoms with Gasteiger partial charge in [-0.05, 0) is 18.3 Å². The highest BCUT2D eigenvalue weighted by Crippen LogP contribution is 2.40. The Kier molecular flexibility index (Phi) is 1.71. The van der Waals surface area contributed by atoms with Crippen molar-refractivity contribution in [2.45, 2.75) is 19.8 Å². The van der Waals surface area contributed by atoms with Crippen LogP contribution in [0.5, 0.6) is 0 Å². The molecule has 1 aliphatic rings. The van der Waals surface area contributed by atoms with Gasteiger partial charge in [0.2, 0.25) is 5.91 Å². The lowest BCUT2D eigenvalue weighted by atomic mass is 10.2. The van der Waals surface area contributed by atoms with Crippen LogP contribution >= 0.6 is 0 Å². The number of carbonyl (C=O) groups excluding carboxylic acids is 1. The molecule has 0 aromatic rings. The number of rotatable bonds is 2. The summed E-state index contributed by atoms with van der Waals surface area (Å²) in [6, 6.07) is 0. The zero-order chi connectivity index (χ0) is 6.85. The van der Waals surface area contributed by atoms with Crippen LogP contribution in [-0.4, -0.2) is 5.91 Å². The molecule has 0 aliphatic heterocycles. The molecule has 0 aromatic heterocycles. The van der Waals surface area contributed by atoms with Crippen LogP contribution in [0.15, 0.2) is 0 Å². The summed E-state index contributed by atoms with van der Waals surface area (Å²) in [5.41, 5.74) is 2.12. The Bertz CT molecular complexity index is 124. The predicted octanol–water partition coefficient (Wildman–Crippen LogP) is 0.0224. The second-order valence-corrected chi connectivity index (χ2v) is 2.74. The molecule has 9 heavy (non-hydrogen) atoms. The Balaban J connectivity index is 2.12. The summed E-state index contributed by atoms with van der Waals surface area (Å²) in [7, 11) is 0. The molecule has 2 unspecified atom stereocenters. The summed E-state index contributed by atoms with van der Waals surface area (Å²) in [6.07, 6.45) is 1.80. The van der Waals surface area contributed by atoms with E-state index in [-0.39, 0.29) is 5.91 Å². The standard InChI is InChI=1S/C6H12N2O/c1-4-2-5(4)3-6(9)8-7/h4-5H,2-3,7H2,1H3,(H,8,9). The first-order valence-electron chi connectivity index (χ1n) is 3.23. The molecule has 0 spiro atoms. The molecule has 3 heteroatoms. The van der Waals surface area contributed by atoms with E-state index >= 15 is 0 Å². The lowest BCUT2D eigenvalue weighted by Gasteiger charge is -1.94. The monoisotopic (exact) mass is 128 g/mol. The number of amides is 1. The predicted molar refractivity (Wildman–Crippen MR) is 34.2 cm³/mol. The summed E-state index contributed by atoms with van der Waals surface area (Å²) in [6.45, 7) is 2.15. The number of hydrazine groups is 1. The van der Waals surface area contributed by atoms with Crippen molar-refractivity contribution in [3.63, 3.8) is 0 Å². The van der Waals surface area contributed by atoms with E-state index in [1.165, 1.54) is 6.42 Å². The highest BCUT2D eigenvalue weighted by Gasteiger charge is 2.33. The third kappa shape index (κ3) is 1.68. The smallest absolute Gasteiger partial charge is 0.234 e. The fourth-order valence-corrected chi connectivity index (χ4v) is 0.981. The molecule has 1 fully saturated rings. The normalized spacial score (nSPS) is 31.8. The zero-order valence-electron chi connectivity index (χ0n) is 5.55. The van der Waals surface area contributed by atoms with Crippen molar-refractivity contribution in [3.05, 3.63) is 0 Å². The van der Waals surface area contributed by atoms with Crippen molar-refractivity contribution in [2.75, 3.05) is 0 Å². The molecule has 1 saturated carbocycles. The minimum atomic E-state index is -0.0376. The third-order valence-corrected chi connectivity index (χ3v) is 1.88. The maximum atomic E-state index is 10.6. The van der Waals surface area contributed by atoms with Crippen LogP contribution in [0, 0.1) is 11.8 Å². The van der Waals surface area contributed by atoms with Gasteiger partial charge in [0.15, 0.2) is 0 Å². The molecule has 3 N–H and O–H groups in total. The van der Waals surface area contributed by atoms with Gasteiger partial charge >= 0.3 is 0 Å². The quantitative estimate of drug-likeness (QED) is 0.313. The van der Waals surface area contributed by atoms with Crippen molar-refractivity contribution >= 4 is 5.91 Å². The van der Waals surface area contributed by atoms with E-state index < -0.39 is 0 Å². The molecule has 0 bridgehead atoms. The number of carbonyl (C=O) groups is 1. The maximum absolute atomic E-state index is 10.6. The van der Waals surface area contributed by atoms with Crippen molar-refractivity contribution in [2.24, 2.45) is 17.7 Å². The van der Waals surface area contributed by atoms with E-state index in [4.69, 9.17) is 5.84 Å². The molecule has 1 rings (SSSR count). The SMILES string of the molecule is CC1CC1CC(=O)NN. The first kappa shape index (κ1) is 6.55. The Morgan fingerprint density at radius 1 is 1.89 bits per heavy atom. The molecule has 0 heterocycles. The number of hydrogen-bond donors (Lipinski definition) is 2. The summed E-state index contributed by atoms with van der Waals surface area (Å²) >= 11 is 0. The van der Waals surface area contributed by atoms with Gasteiger partial charge in [0, 0.05) is 6.42 Å². The second kappa shape index (κ2) is 2.35. The van der Waals surface area contributed by atoms with Gasteiger partial charge in [0.1, 0.15) is 0 Å². The van der Waals surface area contributed by atoms with Gasteiger partial charge in [-0.15, -0.1) is 0 Å². The summed E-state index contributed by atoms with van der Waals surface area (Å²) in [5, 5.41) is 0. The van der Waals surface area contributed by atoms with Gasteiger partial charge in [-0.25, -0.2) is 5.84 Å². The summed E-state index contributed by atoms with van der Waals surface area (Å²) < 4.78 is 0. The number of nitrogens with one attached hydrogen (secondary N) is 1. The van der Waals surface area contributed by atoms with Crippen LogP contribution < -0.4 is 11.3 Å². The van der Waals surface area contributed by atoms with Gasteiger partial charge in [0.25, 0.3) is 0 Å². The Morgan fingerprint density at radius 2 is 2.44 bits per heavy atom.